The standard InChI is InChI=1S/C15H21N3S/c1-3-11(4-2)13-9-15-16-7-5-14(18(15)17-13)12-6-8-19-10-12/h6,8-11,14,16H,3-5,7H2,1-2H3. The van der Waals surface area contributed by atoms with Crippen LogP contribution in [-0.4, -0.2) is 16.3 Å². The number of fused-ring (bicyclic) bond motifs is 1. The van der Waals surface area contributed by atoms with Gasteiger partial charge in [0.05, 0.1) is 11.7 Å². The maximum atomic E-state index is 4.89. The van der Waals surface area contributed by atoms with E-state index in [0.29, 0.717) is 12.0 Å². The summed E-state index contributed by atoms with van der Waals surface area (Å²) in [7, 11) is 0. The largest absolute Gasteiger partial charge is 0.370 e. The molecule has 1 aliphatic heterocycles. The van der Waals surface area contributed by atoms with Crippen molar-refractivity contribution in [2.24, 2.45) is 0 Å². The molecule has 2 aromatic rings. The highest BCUT2D eigenvalue weighted by Crippen LogP contribution is 2.33. The number of anilines is 1. The zero-order chi connectivity index (χ0) is 13.2. The number of nitrogens with zero attached hydrogens (tertiary/aromatic N) is 2. The van der Waals surface area contributed by atoms with E-state index in [1.807, 2.05) is 0 Å². The molecule has 0 aliphatic carbocycles. The zero-order valence-corrected chi connectivity index (χ0v) is 12.4. The Morgan fingerprint density at radius 2 is 2.32 bits per heavy atom. The second kappa shape index (κ2) is 5.37. The molecule has 4 heteroatoms. The molecule has 0 saturated heterocycles. The first-order chi connectivity index (χ1) is 9.33. The number of thiophene rings is 1. The Labute approximate surface area is 118 Å². The smallest absolute Gasteiger partial charge is 0.125 e. The fourth-order valence-electron chi connectivity index (χ4n) is 2.92. The first kappa shape index (κ1) is 12.7. The van der Waals surface area contributed by atoms with E-state index in [4.69, 9.17) is 5.10 Å². The molecule has 19 heavy (non-hydrogen) atoms. The molecule has 3 nitrogen and oxygen atoms in total. The van der Waals surface area contributed by atoms with Crippen LogP contribution in [0.25, 0.3) is 0 Å². The van der Waals surface area contributed by atoms with Crippen molar-refractivity contribution in [3.05, 3.63) is 34.2 Å². The fourth-order valence-corrected chi connectivity index (χ4v) is 3.63. The summed E-state index contributed by atoms with van der Waals surface area (Å²) in [6.07, 6.45) is 3.44. The number of hydrogen-bond donors (Lipinski definition) is 1. The van der Waals surface area contributed by atoms with Gasteiger partial charge >= 0.3 is 0 Å². The second-order valence-corrected chi connectivity index (χ2v) is 5.98. The molecule has 1 unspecified atom stereocenters. The van der Waals surface area contributed by atoms with Crippen LogP contribution >= 0.6 is 11.3 Å². The minimum atomic E-state index is 0.408. The number of rotatable bonds is 4. The molecule has 0 radical (unpaired) electrons. The molecule has 1 N–H and O–H groups in total. The number of aromatic nitrogens is 2. The molecule has 3 heterocycles. The summed E-state index contributed by atoms with van der Waals surface area (Å²) in [6.45, 7) is 5.53. The highest BCUT2D eigenvalue weighted by molar-refractivity contribution is 7.07. The Kier molecular flexibility index (Phi) is 3.60. The van der Waals surface area contributed by atoms with Crippen LogP contribution in [-0.2, 0) is 0 Å². The lowest BCUT2D eigenvalue weighted by Crippen LogP contribution is -2.24. The van der Waals surface area contributed by atoms with Gasteiger partial charge in [-0.05, 0) is 41.7 Å². The lowest BCUT2D eigenvalue weighted by atomic mass is 10.00. The van der Waals surface area contributed by atoms with Gasteiger partial charge in [0.25, 0.3) is 0 Å². The molecule has 0 bridgehead atoms. The summed E-state index contributed by atoms with van der Waals surface area (Å²) < 4.78 is 2.19. The third-order valence-electron chi connectivity index (χ3n) is 4.11. The van der Waals surface area contributed by atoms with Gasteiger partial charge < -0.3 is 5.32 Å². The number of nitrogens with one attached hydrogen (secondary N) is 1. The van der Waals surface area contributed by atoms with Crippen molar-refractivity contribution in [2.75, 3.05) is 11.9 Å². The summed E-state index contributed by atoms with van der Waals surface area (Å²) >= 11 is 1.77. The van der Waals surface area contributed by atoms with Crippen molar-refractivity contribution in [1.29, 1.82) is 0 Å². The van der Waals surface area contributed by atoms with Gasteiger partial charge in [0.2, 0.25) is 0 Å². The summed E-state index contributed by atoms with van der Waals surface area (Å²) in [4.78, 5) is 0. The van der Waals surface area contributed by atoms with E-state index >= 15 is 0 Å². The van der Waals surface area contributed by atoms with Gasteiger partial charge in [-0.25, -0.2) is 4.68 Å². The van der Waals surface area contributed by atoms with Crippen molar-refractivity contribution in [3.63, 3.8) is 0 Å². The molecule has 1 atom stereocenters. The maximum absolute atomic E-state index is 4.89. The minimum Gasteiger partial charge on any atom is -0.370 e. The van der Waals surface area contributed by atoms with Crippen molar-refractivity contribution >= 4 is 17.2 Å². The second-order valence-electron chi connectivity index (χ2n) is 5.20. The Balaban J connectivity index is 1.96. The lowest BCUT2D eigenvalue weighted by Gasteiger charge is -2.25. The molecule has 102 valence electrons. The first-order valence-electron chi connectivity index (χ1n) is 7.18. The molecule has 0 spiro atoms. The predicted octanol–water partition coefficient (Wildman–Crippen LogP) is 4.25. The van der Waals surface area contributed by atoms with Crippen LogP contribution < -0.4 is 5.32 Å². The number of hydrogen-bond acceptors (Lipinski definition) is 3. The van der Waals surface area contributed by atoms with Crippen LogP contribution in [0.1, 0.15) is 56.3 Å². The van der Waals surface area contributed by atoms with Crippen molar-refractivity contribution < 1.29 is 0 Å². The van der Waals surface area contributed by atoms with Crippen LogP contribution in [0.3, 0.4) is 0 Å². The summed E-state index contributed by atoms with van der Waals surface area (Å²) in [5, 5.41) is 12.8. The third-order valence-corrected chi connectivity index (χ3v) is 4.81. The van der Waals surface area contributed by atoms with Gasteiger partial charge in [-0.1, -0.05) is 13.8 Å². The van der Waals surface area contributed by atoms with Crippen molar-refractivity contribution in [3.8, 4) is 0 Å². The van der Waals surface area contributed by atoms with Gasteiger partial charge in [0, 0.05) is 18.5 Å². The monoisotopic (exact) mass is 275 g/mol. The van der Waals surface area contributed by atoms with E-state index in [-0.39, 0.29) is 0 Å². The zero-order valence-electron chi connectivity index (χ0n) is 11.6. The average Bonchev–Trinajstić information content (AvgIpc) is 3.08. The van der Waals surface area contributed by atoms with E-state index in [1.165, 1.54) is 17.1 Å². The molecule has 1 aliphatic rings. The highest BCUT2D eigenvalue weighted by atomic mass is 32.1. The molecular formula is C15H21N3S. The molecular weight excluding hydrogens is 254 g/mol. The molecule has 0 aromatic carbocycles. The fraction of sp³-hybridized carbons (Fsp3) is 0.533. The van der Waals surface area contributed by atoms with Gasteiger partial charge in [0.1, 0.15) is 5.82 Å². The highest BCUT2D eigenvalue weighted by Gasteiger charge is 2.24. The van der Waals surface area contributed by atoms with E-state index in [0.717, 1.165) is 25.8 Å². The molecule has 0 saturated carbocycles. The normalized spacial score (nSPS) is 18.4. The topological polar surface area (TPSA) is 29.9 Å². The van der Waals surface area contributed by atoms with Crippen molar-refractivity contribution in [2.45, 2.75) is 45.1 Å². The van der Waals surface area contributed by atoms with Crippen LogP contribution in [0.5, 0.6) is 0 Å². The van der Waals surface area contributed by atoms with Crippen molar-refractivity contribution in [1.82, 2.24) is 9.78 Å². The average molecular weight is 275 g/mol. The molecule has 0 fully saturated rings. The SMILES string of the molecule is CCC(CC)c1cc2n(n1)C(c1ccsc1)CCN2. The van der Waals surface area contributed by atoms with E-state index in [1.54, 1.807) is 11.3 Å². The Hall–Kier alpha value is -1.29. The maximum Gasteiger partial charge on any atom is 0.125 e. The van der Waals surface area contributed by atoms with Crippen LogP contribution in [0.15, 0.2) is 22.9 Å². The predicted molar refractivity (Wildman–Crippen MR) is 81.1 cm³/mol. The third kappa shape index (κ3) is 2.29. The quantitative estimate of drug-likeness (QED) is 0.904. The molecule has 3 rings (SSSR count). The minimum absolute atomic E-state index is 0.408. The Morgan fingerprint density at radius 3 is 3.00 bits per heavy atom. The lowest BCUT2D eigenvalue weighted by molar-refractivity contribution is 0.472. The summed E-state index contributed by atoms with van der Waals surface area (Å²) in [6, 6.07) is 4.88. The van der Waals surface area contributed by atoms with Crippen LogP contribution in [0.2, 0.25) is 0 Å². The molecule has 0 amide bonds. The summed E-state index contributed by atoms with van der Waals surface area (Å²) in [5.74, 6) is 1.77. The Bertz CT molecular complexity index is 526. The van der Waals surface area contributed by atoms with Crippen LogP contribution in [0.4, 0.5) is 5.82 Å². The van der Waals surface area contributed by atoms with Gasteiger partial charge in [-0.3, -0.25) is 0 Å². The van der Waals surface area contributed by atoms with E-state index in [2.05, 4.69) is 46.7 Å². The van der Waals surface area contributed by atoms with E-state index in [9.17, 15) is 0 Å². The first-order valence-corrected chi connectivity index (χ1v) is 8.13. The van der Waals surface area contributed by atoms with Gasteiger partial charge in [-0.15, -0.1) is 0 Å². The summed E-state index contributed by atoms with van der Waals surface area (Å²) in [5.41, 5.74) is 2.64. The van der Waals surface area contributed by atoms with E-state index < -0.39 is 0 Å². The van der Waals surface area contributed by atoms with Gasteiger partial charge in [-0.2, -0.15) is 16.4 Å². The molecule has 2 aromatic heterocycles. The van der Waals surface area contributed by atoms with Gasteiger partial charge in [0.15, 0.2) is 0 Å². The van der Waals surface area contributed by atoms with Crippen LogP contribution in [0, 0.1) is 0 Å². The Morgan fingerprint density at radius 1 is 1.47 bits per heavy atom.